The molecule has 0 fully saturated rings. The Kier molecular flexibility index (Phi) is 4.98. The molecule has 26 heavy (non-hydrogen) atoms. The van der Waals surface area contributed by atoms with Gasteiger partial charge in [0.15, 0.2) is 0 Å². The van der Waals surface area contributed by atoms with Crippen LogP contribution in [0, 0.1) is 0 Å². The number of hydrogen-bond donors (Lipinski definition) is 1. The van der Waals surface area contributed by atoms with Crippen LogP contribution >= 0.6 is 0 Å². The van der Waals surface area contributed by atoms with Gasteiger partial charge in [-0.25, -0.2) is 0 Å². The Hall–Kier alpha value is -2.82. The molecule has 0 unspecified atom stereocenters. The van der Waals surface area contributed by atoms with Gasteiger partial charge in [-0.1, -0.05) is 54.6 Å². The van der Waals surface area contributed by atoms with Crippen molar-refractivity contribution in [3.63, 3.8) is 0 Å². The summed E-state index contributed by atoms with van der Waals surface area (Å²) in [5.41, 5.74) is 0.537. The van der Waals surface area contributed by atoms with E-state index in [9.17, 15) is 18.0 Å². The van der Waals surface area contributed by atoms with Crippen LogP contribution in [0.3, 0.4) is 0 Å². The van der Waals surface area contributed by atoms with Crippen molar-refractivity contribution in [2.75, 3.05) is 0 Å². The number of carbonyl (C=O) groups excluding carboxylic acids is 1. The molecule has 3 aromatic rings. The van der Waals surface area contributed by atoms with Crippen molar-refractivity contribution in [2.24, 2.45) is 0 Å². The van der Waals surface area contributed by atoms with E-state index in [1.807, 2.05) is 49.4 Å². The van der Waals surface area contributed by atoms with Gasteiger partial charge in [-0.3, -0.25) is 4.79 Å². The van der Waals surface area contributed by atoms with Gasteiger partial charge in [0, 0.05) is 0 Å². The maximum absolute atomic E-state index is 12.8. The zero-order valence-corrected chi connectivity index (χ0v) is 14.2. The summed E-state index contributed by atoms with van der Waals surface area (Å²) in [5.74, 6) is -0.315. The second-order valence-electron chi connectivity index (χ2n) is 6.27. The average Bonchev–Trinajstić information content (AvgIpc) is 2.60. The van der Waals surface area contributed by atoms with Gasteiger partial charge >= 0.3 is 6.18 Å². The number of alkyl halides is 3. The highest BCUT2D eigenvalue weighted by Crippen LogP contribution is 2.29. The van der Waals surface area contributed by atoms with Gasteiger partial charge in [0.25, 0.3) is 0 Å². The predicted molar refractivity (Wildman–Crippen MR) is 95.7 cm³/mol. The first-order valence-corrected chi connectivity index (χ1v) is 8.27. The summed E-state index contributed by atoms with van der Waals surface area (Å²) in [6.45, 7) is 1.86. The molecule has 0 heterocycles. The molecule has 0 aliphatic rings. The first-order valence-electron chi connectivity index (χ1n) is 8.27. The van der Waals surface area contributed by atoms with Crippen molar-refractivity contribution in [2.45, 2.75) is 25.6 Å². The summed E-state index contributed by atoms with van der Waals surface area (Å²) < 4.78 is 38.3. The molecular formula is C21H18F3NO. The van der Waals surface area contributed by atoms with E-state index < -0.39 is 11.7 Å². The van der Waals surface area contributed by atoms with Crippen molar-refractivity contribution in [1.29, 1.82) is 0 Å². The smallest absolute Gasteiger partial charge is 0.349 e. The van der Waals surface area contributed by atoms with Crippen LogP contribution in [-0.4, -0.2) is 5.91 Å². The summed E-state index contributed by atoms with van der Waals surface area (Å²) >= 11 is 0. The van der Waals surface area contributed by atoms with Gasteiger partial charge in [-0.15, -0.1) is 0 Å². The van der Waals surface area contributed by atoms with Crippen LogP contribution in [0.4, 0.5) is 13.2 Å². The first-order chi connectivity index (χ1) is 12.3. The minimum absolute atomic E-state index is 0.0954. The summed E-state index contributed by atoms with van der Waals surface area (Å²) in [6, 6.07) is 18.5. The van der Waals surface area contributed by atoms with E-state index in [4.69, 9.17) is 0 Å². The third kappa shape index (κ3) is 4.23. The van der Waals surface area contributed by atoms with Gasteiger partial charge < -0.3 is 5.32 Å². The Morgan fingerprint density at radius 1 is 0.962 bits per heavy atom. The lowest BCUT2D eigenvalue weighted by Crippen LogP contribution is -2.28. The van der Waals surface area contributed by atoms with E-state index in [2.05, 4.69) is 5.32 Å². The molecule has 134 valence electrons. The van der Waals surface area contributed by atoms with Crippen molar-refractivity contribution in [1.82, 2.24) is 5.32 Å². The zero-order valence-electron chi connectivity index (χ0n) is 14.2. The summed E-state index contributed by atoms with van der Waals surface area (Å²) in [7, 11) is 0. The first kappa shape index (κ1) is 18.0. The topological polar surface area (TPSA) is 29.1 Å². The molecule has 2 nitrogen and oxygen atoms in total. The molecule has 0 aliphatic heterocycles. The Balaban J connectivity index is 1.69. The average molecular weight is 357 g/mol. The molecule has 0 saturated heterocycles. The fraction of sp³-hybridized carbons (Fsp3) is 0.190. The van der Waals surface area contributed by atoms with Gasteiger partial charge in [0.1, 0.15) is 0 Å². The number of benzene rings is 3. The number of rotatable bonds is 4. The highest BCUT2D eigenvalue weighted by Gasteiger charge is 2.30. The number of carbonyl (C=O) groups is 1. The van der Waals surface area contributed by atoms with Crippen molar-refractivity contribution in [3.05, 3.63) is 83.4 Å². The van der Waals surface area contributed by atoms with E-state index in [-0.39, 0.29) is 18.4 Å². The fourth-order valence-electron chi connectivity index (χ4n) is 2.90. The monoisotopic (exact) mass is 357 g/mol. The molecule has 5 heteroatoms. The van der Waals surface area contributed by atoms with Gasteiger partial charge in [0.05, 0.1) is 18.0 Å². The third-order valence-electron chi connectivity index (χ3n) is 4.27. The Bertz CT molecular complexity index is 934. The summed E-state index contributed by atoms with van der Waals surface area (Å²) in [6.07, 6.45) is -4.51. The normalized spacial score (nSPS) is 12.8. The number of hydrogen-bond acceptors (Lipinski definition) is 1. The second-order valence-corrected chi connectivity index (χ2v) is 6.27. The van der Waals surface area contributed by atoms with Crippen LogP contribution in [0.5, 0.6) is 0 Å². The van der Waals surface area contributed by atoms with E-state index in [0.717, 1.165) is 28.5 Å². The van der Waals surface area contributed by atoms with Crippen LogP contribution in [-0.2, 0) is 17.4 Å². The molecule has 0 radical (unpaired) electrons. The molecule has 1 amide bonds. The van der Waals surface area contributed by atoms with Crippen LogP contribution in [0.15, 0.2) is 66.7 Å². The molecule has 0 bridgehead atoms. The lowest BCUT2D eigenvalue weighted by atomic mass is 10.0. The molecule has 0 saturated carbocycles. The molecule has 1 N–H and O–H groups in total. The number of fused-ring (bicyclic) bond motifs is 1. The van der Waals surface area contributed by atoms with Gasteiger partial charge in [0.2, 0.25) is 5.91 Å². The highest BCUT2D eigenvalue weighted by atomic mass is 19.4. The minimum atomic E-state index is -4.41. The van der Waals surface area contributed by atoms with E-state index in [0.29, 0.717) is 5.56 Å². The van der Waals surface area contributed by atoms with Crippen LogP contribution < -0.4 is 5.32 Å². The number of halogens is 3. The lowest BCUT2D eigenvalue weighted by molar-refractivity contribution is -0.137. The molecule has 3 aromatic carbocycles. The van der Waals surface area contributed by atoms with Crippen molar-refractivity contribution in [3.8, 4) is 0 Å². The SMILES string of the molecule is C[C@H](NC(=O)Cc1cccc(C(F)(F)F)c1)c1ccc2ccccc2c1. The molecule has 0 spiro atoms. The molecular weight excluding hydrogens is 339 g/mol. The standard InChI is InChI=1S/C21H18F3NO/c1-14(17-10-9-16-6-2-3-7-18(16)13-17)25-20(26)12-15-5-4-8-19(11-15)21(22,23)24/h2-11,13-14H,12H2,1H3,(H,25,26)/t14-/m0/s1. The quantitative estimate of drug-likeness (QED) is 0.676. The Labute approximate surface area is 149 Å². The maximum atomic E-state index is 12.8. The Morgan fingerprint density at radius 2 is 1.69 bits per heavy atom. The fourth-order valence-corrected chi connectivity index (χ4v) is 2.90. The van der Waals surface area contributed by atoms with Crippen molar-refractivity contribution >= 4 is 16.7 Å². The van der Waals surface area contributed by atoms with Crippen molar-refractivity contribution < 1.29 is 18.0 Å². The minimum Gasteiger partial charge on any atom is -0.349 e. The van der Waals surface area contributed by atoms with Crippen LogP contribution in [0.2, 0.25) is 0 Å². The zero-order chi connectivity index (χ0) is 18.7. The van der Waals surface area contributed by atoms with E-state index in [1.54, 1.807) is 0 Å². The van der Waals surface area contributed by atoms with Gasteiger partial charge in [-0.2, -0.15) is 13.2 Å². The predicted octanol–water partition coefficient (Wildman–Crippen LogP) is 5.28. The van der Waals surface area contributed by atoms with Crippen LogP contribution in [0.1, 0.15) is 29.7 Å². The summed E-state index contributed by atoms with van der Waals surface area (Å²) in [5, 5.41) is 5.03. The molecule has 0 aromatic heterocycles. The van der Waals surface area contributed by atoms with Gasteiger partial charge in [-0.05, 0) is 41.0 Å². The number of amides is 1. The second kappa shape index (κ2) is 7.20. The third-order valence-corrected chi connectivity index (χ3v) is 4.27. The summed E-state index contributed by atoms with van der Waals surface area (Å²) in [4.78, 5) is 12.2. The lowest BCUT2D eigenvalue weighted by Gasteiger charge is -2.15. The number of nitrogens with one attached hydrogen (secondary N) is 1. The maximum Gasteiger partial charge on any atom is 0.416 e. The highest BCUT2D eigenvalue weighted by molar-refractivity contribution is 5.83. The largest absolute Gasteiger partial charge is 0.416 e. The van der Waals surface area contributed by atoms with E-state index >= 15 is 0 Å². The van der Waals surface area contributed by atoms with E-state index in [1.165, 1.54) is 12.1 Å². The van der Waals surface area contributed by atoms with Crippen LogP contribution in [0.25, 0.3) is 10.8 Å². The molecule has 0 aliphatic carbocycles. The Morgan fingerprint density at radius 3 is 2.42 bits per heavy atom. The molecule has 3 rings (SSSR count). The molecule has 1 atom stereocenters.